The Balaban J connectivity index is 2.42. The molecule has 0 saturated heterocycles. The van der Waals surface area contributed by atoms with Gasteiger partial charge in [0, 0.05) is 5.38 Å². The molecule has 0 amide bonds. The number of thiazole rings is 1. The highest BCUT2D eigenvalue weighted by Crippen LogP contribution is 2.25. The van der Waals surface area contributed by atoms with Crippen LogP contribution < -0.4 is 5.32 Å². The molecule has 0 aliphatic carbocycles. The molecular weight excluding hydrogens is 228 g/mol. The van der Waals surface area contributed by atoms with Crippen molar-refractivity contribution < 1.29 is 0 Å². The van der Waals surface area contributed by atoms with Gasteiger partial charge in [-0.3, -0.25) is 0 Å². The molecule has 0 fully saturated rings. The van der Waals surface area contributed by atoms with Gasteiger partial charge in [-0.2, -0.15) is 0 Å². The van der Waals surface area contributed by atoms with E-state index >= 15 is 0 Å². The fourth-order valence-corrected chi connectivity index (χ4v) is 2.59. The Morgan fingerprint density at radius 3 is 2.82 bits per heavy atom. The van der Waals surface area contributed by atoms with Crippen molar-refractivity contribution in [2.45, 2.75) is 26.8 Å². The molecule has 0 bridgehead atoms. The third kappa shape index (κ3) is 2.73. The molecule has 90 valence electrons. The molecule has 3 heteroatoms. The number of hydrogen-bond acceptors (Lipinski definition) is 3. The fourth-order valence-electron chi connectivity index (χ4n) is 2.01. The average Bonchev–Trinajstić information content (AvgIpc) is 2.83. The number of aromatic nitrogens is 1. The van der Waals surface area contributed by atoms with Gasteiger partial charge in [0.25, 0.3) is 0 Å². The summed E-state index contributed by atoms with van der Waals surface area (Å²) in [4.78, 5) is 4.44. The van der Waals surface area contributed by atoms with Crippen LogP contribution in [0.3, 0.4) is 0 Å². The molecule has 0 aliphatic heterocycles. The predicted molar refractivity (Wildman–Crippen MR) is 73.5 cm³/mol. The van der Waals surface area contributed by atoms with Crippen molar-refractivity contribution in [2.24, 2.45) is 0 Å². The van der Waals surface area contributed by atoms with Crippen LogP contribution in [-0.2, 0) is 0 Å². The molecule has 1 heterocycles. The van der Waals surface area contributed by atoms with E-state index in [-0.39, 0.29) is 6.04 Å². The quantitative estimate of drug-likeness (QED) is 0.893. The van der Waals surface area contributed by atoms with Crippen LogP contribution in [0, 0.1) is 13.8 Å². The molecule has 1 atom stereocenters. The molecule has 1 aromatic heterocycles. The molecule has 0 aliphatic rings. The summed E-state index contributed by atoms with van der Waals surface area (Å²) in [5.74, 6) is 0. The molecule has 1 unspecified atom stereocenters. The third-order valence-corrected chi connectivity index (χ3v) is 3.51. The van der Waals surface area contributed by atoms with Gasteiger partial charge in [0.2, 0.25) is 0 Å². The van der Waals surface area contributed by atoms with Crippen LogP contribution in [0.5, 0.6) is 0 Å². The zero-order valence-corrected chi connectivity index (χ0v) is 11.3. The minimum Gasteiger partial charge on any atom is -0.305 e. The number of benzene rings is 1. The van der Waals surface area contributed by atoms with Gasteiger partial charge >= 0.3 is 0 Å². The summed E-state index contributed by atoms with van der Waals surface area (Å²) >= 11 is 1.65. The van der Waals surface area contributed by atoms with Crippen molar-refractivity contribution in [3.63, 3.8) is 0 Å². The lowest BCUT2D eigenvalue weighted by Crippen LogP contribution is -2.23. The van der Waals surface area contributed by atoms with Crippen LogP contribution in [0.15, 0.2) is 29.1 Å². The monoisotopic (exact) mass is 246 g/mol. The Bertz CT molecular complexity index is 477. The second-order valence-electron chi connectivity index (χ2n) is 4.26. The number of nitrogens with one attached hydrogen (secondary N) is 1. The topological polar surface area (TPSA) is 24.9 Å². The van der Waals surface area contributed by atoms with Gasteiger partial charge < -0.3 is 5.32 Å². The lowest BCUT2D eigenvalue weighted by atomic mass is 9.97. The number of aryl methyl sites for hydroxylation is 2. The Kier molecular flexibility index (Phi) is 3.92. The van der Waals surface area contributed by atoms with E-state index in [4.69, 9.17) is 0 Å². The van der Waals surface area contributed by atoms with E-state index in [1.807, 2.05) is 5.51 Å². The van der Waals surface area contributed by atoms with E-state index in [1.165, 1.54) is 16.7 Å². The lowest BCUT2D eigenvalue weighted by Gasteiger charge is -2.19. The summed E-state index contributed by atoms with van der Waals surface area (Å²) < 4.78 is 0. The summed E-state index contributed by atoms with van der Waals surface area (Å²) in [6.07, 6.45) is 0. The van der Waals surface area contributed by atoms with Crippen LogP contribution in [0.2, 0.25) is 0 Å². The molecule has 1 N–H and O–H groups in total. The van der Waals surface area contributed by atoms with Gasteiger partial charge in [-0.25, -0.2) is 4.98 Å². The maximum atomic E-state index is 4.44. The molecular formula is C14H18N2S. The average molecular weight is 246 g/mol. The Morgan fingerprint density at radius 1 is 1.35 bits per heavy atom. The van der Waals surface area contributed by atoms with Crippen LogP contribution in [0.4, 0.5) is 0 Å². The zero-order chi connectivity index (χ0) is 12.3. The van der Waals surface area contributed by atoms with E-state index in [9.17, 15) is 0 Å². The third-order valence-electron chi connectivity index (χ3n) is 2.90. The Morgan fingerprint density at radius 2 is 2.18 bits per heavy atom. The molecule has 2 aromatic rings. The smallest absolute Gasteiger partial charge is 0.0795 e. The molecule has 17 heavy (non-hydrogen) atoms. The van der Waals surface area contributed by atoms with Crippen LogP contribution in [-0.4, -0.2) is 11.5 Å². The number of nitrogens with zero attached hydrogens (tertiary/aromatic N) is 1. The van der Waals surface area contributed by atoms with Crippen LogP contribution in [0.25, 0.3) is 0 Å². The van der Waals surface area contributed by atoms with E-state index in [1.54, 1.807) is 11.3 Å². The molecule has 2 rings (SSSR count). The van der Waals surface area contributed by atoms with Gasteiger partial charge in [-0.15, -0.1) is 11.3 Å². The Labute approximate surface area is 107 Å². The molecule has 0 radical (unpaired) electrons. The summed E-state index contributed by atoms with van der Waals surface area (Å²) in [5.41, 5.74) is 6.95. The highest BCUT2D eigenvalue weighted by atomic mass is 32.1. The summed E-state index contributed by atoms with van der Waals surface area (Å²) in [6, 6.07) is 6.80. The zero-order valence-electron chi connectivity index (χ0n) is 10.5. The minimum atomic E-state index is 0.214. The second kappa shape index (κ2) is 5.43. The van der Waals surface area contributed by atoms with Gasteiger partial charge in [0.1, 0.15) is 0 Å². The van der Waals surface area contributed by atoms with E-state index in [0.717, 1.165) is 12.2 Å². The number of rotatable bonds is 4. The van der Waals surface area contributed by atoms with Crippen molar-refractivity contribution in [1.82, 2.24) is 10.3 Å². The van der Waals surface area contributed by atoms with Gasteiger partial charge in [0.15, 0.2) is 0 Å². The summed E-state index contributed by atoms with van der Waals surface area (Å²) in [6.45, 7) is 7.36. The highest BCUT2D eigenvalue weighted by molar-refractivity contribution is 7.07. The van der Waals surface area contributed by atoms with Crippen molar-refractivity contribution in [3.05, 3.63) is 51.5 Å². The first-order valence-corrected chi connectivity index (χ1v) is 6.85. The van der Waals surface area contributed by atoms with E-state index in [2.05, 4.69) is 54.7 Å². The second-order valence-corrected chi connectivity index (χ2v) is 4.98. The normalized spacial score (nSPS) is 12.6. The van der Waals surface area contributed by atoms with Crippen molar-refractivity contribution in [2.75, 3.05) is 6.54 Å². The Hall–Kier alpha value is -1.19. The van der Waals surface area contributed by atoms with Gasteiger partial charge in [0.05, 0.1) is 17.2 Å². The van der Waals surface area contributed by atoms with Gasteiger partial charge in [-0.05, 0) is 31.5 Å². The van der Waals surface area contributed by atoms with E-state index < -0.39 is 0 Å². The lowest BCUT2D eigenvalue weighted by molar-refractivity contribution is 0.615. The van der Waals surface area contributed by atoms with Crippen LogP contribution in [0.1, 0.15) is 35.3 Å². The first-order chi connectivity index (χ1) is 8.22. The number of hydrogen-bond donors (Lipinski definition) is 1. The standard InChI is InChI=1S/C14H18N2S/c1-4-15-14(13-8-17-9-16-13)12-7-10(2)5-6-11(12)3/h5-9,14-15H,4H2,1-3H3. The van der Waals surface area contributed by atoms with E-state index in [0.29, 0.717) is 0 Å². The molecule has 2 nitrogen and oxygen atoms in total. The summed E-state index contributed by atoms with van der Waals surface area (Å²) in [5, 5.41) is 5.63. The van der Waals surface area contributed by atoms with Crippen molar-refractivity contribution in [3.8, 4) is 0 Å². The predicted octanol–water partition coefficient (Wildman–Crippen LogP) is 3.46. The maximum Gasteiger partial charge on any atom is 0.0795 e. The first kappa shape index (κ1) is 12.3. The summed E-state index contributed by atoms with van der Waals surface area (Å²) in [7, 11) is 0. The van der Waals surface area contributed by atoms with Crippen molar-refractivity contribution >= 4 is 11.3 Å². The van der Waals surface area contributed by atoms with Crippen molar-refractivity contribution in [1.29, 1.82) is 0 Å². The fraction of sp³-hybridized carbons (Fsp3) is 0.357. The minimum absolute atomic E-state index is 0.214. The molecule has 0 saturated carbocycles. The highest BCUT2D eigenvalue weighted by Gasteiger charge is 2.16. The largest absolute Gasteiger partial charge is 0.305 e. The van der Waals surface area contributed by atoms with Crippen LogP contribution >= 0.6 is 11.3 Å². The first-order valence-electron chi connectivity index (χ1n) is 5.91. The molecule has 1 aromatic carbocycles. The molecule has 0 spiro atoms. The maximum absolute atomic E-state index is 4.44. The SMILES string of the molecule is CCNC(c1cscn1)c1cc(C)ccc1C. The van der Waals surface area contributed by atoms with Gasteiger partial charge in [-0.1, -0.05) is 30.7 Å².